The van der Waals surface area contributed by atoms with Gasteiger partial charge in [-0.25, -0.2) is 0 Å². The van der Waals surface area contributed by atoms with E-state index >= 15 is 0 Å². The Balaban J connectivity index is 1.33. The Hall–Kier alpha value is -0.660. The van der Waals surface area contributed by atoms with Crippen LogP contribution in [0, 0.1) is 46.3 Å². The molecule has 0 aliphatic heterocycles. The van der Waals surface area contributed by atoms with E-state index in [4.69, 9.17) is 0 Å². The second-order valence-corrected chi connectivity index (χ2v) is 13.8. The van der Waals surface area contributed by atoms with Gasteiger partial charge in [-0.3, -0.25) is 0 Å². The van der Waals surface area contributed by atoms with Crippen LogP contribution in [0.3, 0.4) is 0 Å². The summed E-state index contributed by atoms with van der Waals surface area (Å²) < 4.78 is 0. The van der Waals surface area contributed by atoms with E-state index in [1.54, 1.807) is 6.42 Å². The van der Waals surface area contributed by atoms with Gasteiger partial charge in [-0.1, -0.05) is 66.9 Å². The Kier molecular flexibility index (Phi) is 9.24. The van der Waals surface area contributed by atoms with E-state index in [-0.39, 0.29) is 0 Å². The van der Waals surface area contributed by atoms with Crippen LogP contribution >= 0.6 is 0 Å². The molecule has 6 unspecified atom stereocenters. The minimum atomic E-state index is 0.615. The number of hydrogen-bond donors (Lipinski definition) is 1. The summed E-state index contributed by atoms with van der Waals surface area (Å²) in [5.41, 5.74) is 1.28. The third kappa shape index (κ3) is 5.34. The third-order valence-electron chi connectivity index (χ3n) is 12.2. The summed E-state index contributed by atoms with van der Waals surface area (Å²) in [6.07, 6.45) is 21.6. The van der Waals surface area contributed by atoms with Crippen molar-refractivity contribution >= 4 is 0 Å². The fraction of sp³-hybridized carbons (Fsp3) is 0.939. The number of fused-ring (bicyclic) bond motifs is 5. The van der Waals surface area contributed by atoms with E-state index in [1.807, 2.05) is 0 Å². The smallest absolute Gasteiger partial charge is 0.0938 e. The van der Waals surface area contributed by atoms with Crippen molar-refractivity contribution in [3.8, 4) is 0 Å². The highest BCUT2D eigenvalue weighted by molar-refractivity contribution is 5.10. The van der Waals surface area contributed by atoms with Crippen molar-refractivity contribution in [2.24, 2.45) is 46.3 Å². The standard InChI is InChI=1S/C33H60N2/c1-7-10-23-35(22-8-2)25(4)34-21-13-14-27-16-17-30-28-24-26(9-3)29-15-11-12-19-33(29,6)31(28)18-20-32(27,30)5/h26-31,34H,4,7-24H2,1-3,5-6H3/t26-,27?,28?,29?,30?,31-,32?,33?/m0/s1. The zero-order valence-electron chi connectivity index (χ0n) is 24.3. The lowest BCUT2D eigenvalue weighted by atomic mass is 9.42. The van der Waals surface area contributed by atoms with Crippen LogP contribution in [0.2, 0.25) is 0 Å². The van der Waals surface area contributed by atoms with Gasteiger partial charge in [-0.05, 0) is 117 Å². The van der Waals surface area contributed by atoms with Crippen LogP contribution in [0.5, 0.6) is 0 Å². The number of nitrogens with zero attached hydrogens (tertiary/aromatic N) is 1. The fourth-order valence-electron chi connectivity index (χ4n) is 10.3. The van der Waals surface area contributed by atoms with Gasteiger partial charge < -0.3 is 10.2 Å². The summed E-state index contributed by atoms with van der Waals surface area (Å²) in [4.78, 5) is 2.48. The third-order valence-corrected chi connectivity index (χ3v) is 12.2. The molecule has 8 atom stereocenters. The molecule has 0 aromatic heterocycles. The zero-order chi connectivity index (χ0) is 25.1. The van der Waals surface area contributed by atoms with Gasteiger partial charge in [-0.15, -0.1) is 0 Å². The molecule has 1 N–H and O–H groups in total. The summed E-state index contributed by atoms with van der Waals surface area (Å²) >= 11 is 0. The van der Waals surface area contributed by atoms with Crippen LogP contribution < -0.4 is 5.32 Å². The first-order chi connectivity index (χ1) is 16.9. The van der Waals surface area contributed by atoms with Gasteiger partial charge in [0.1, 0.15) is 0 Å². The molecule has 4 aliphatic carbocycles. The van der Waals surface area contributed by atoms with Gasteiger partial charge in [0.2, 0.25) is 0 Å². The average Bonchev–Trinajstić information content (AvgIpc) is 3.19. The summed E-state index contributed by atoms with van der Waals surface area (Å²) in [6.45, 7) is 20.3. The Morgan fingerprint density at radius 1 is 0.857 bits per heavy atom. The second-order valence-electron chi connectivity index (χ2n) is 13.8. The van der Waals surface area contributed by atoms with E-state index in [1.165, 1.54) is 95.7 Å². The quantitative estimate of drug-likeness (QED) is 0.278. The highest BCUT2D eigenvalue weighted by Crippen LogP contribution is 2.69. The minimum absolute atomic E-state index is 0.615. The average molecular weight is 485 g/mol. The van der Waals surface area contributed by atoms with Crippen molar-refractivity contribution in [2.75, 3.05) is 19.6 Å². The van der Waals surface area contributed by atoms with Crippen molar-refractivity contribution in [1.29, 1.82) is 0 Å². The van der Waals surface area contributed by atoms with Crippen LogP contribution in [-0.4, -0.2) is 24.5 Å². The van der Waals surface area contributed by atoms with E-state index < -0.39 is 0 Å². The first-order valence-electron chi connectivity index (χ1n) is 16.1. The molecule has 0 radical (unpaired) electrons. The Bertz CT molecular complexity index is 687. The maximum atomic E-state index is 4.39. The van der Waals surface area contributed by atoms with E-state index in [0.717, 1.165) is 55.1 Å². The van der Waals surface area contributed by atoms with Gasteiger partial charge in [0.25, 0.3) is 0 Å². The molecule has 202 valence electrons. The summed E-state index contributed by atoms with van der Waals surface area (Å²) in [5, 5.41) is 3.71. The predicted octanol–water partition coefficient (Wildman–Crippen LogP) is 9.02. The maximum absolute atomic E-state index is 4.39. The molecule has 0 bridgehead atoms. The summed E-state index contributed by atoms with van der Waals surface area (Å²) in [5.74, 6) is 7.24. The SMILES string of the molecule is C=C(NCCCC1CCC2C3C[C@H](CC)C4CCCCC4(C)[C@H]3CCC12C)N(CCC)CCCC. The number of rotatable bonds is 12. The zero-order valence-corrected chi connectivity index (χ0v) is 24.3. The Morgan fingerprint density at radius 2 is 1.66 bits per heavy atom. The van der Waals surface area contributed by atoms with Gasteiger partial charge in [0.05, 0.1) is 5.82 Å². The minimum Gasteiger partial charge on any atom is -0.372 e. The molecule has 0 spiro atoms. The number of nitrogens with one attached hydrogen (secondary N) is 1. The Morgan fingerprint density at radius 3 is 2.40 bits per heavy atom. The van der Waals surface area contributed by atoms with Crippen molar-refractivity contribution in [3.63, 3.8) is 0 Å². The lowest BCUT2D eigenvalue weighted by Gasteiger charge is -2.62. The largest absolute Gasteiger partial charge is 0.372 e. The molecule has 4 aliphatic rings. The van der Waals surface area contributed by atoms with Crippen LogP contribution in [0.1, 0.15) is 131 Å². The highest BCUT2D eigenvalue weighted by atomic mass is 15.2. The van der Waals surface area contributed by atoms with Crippen molar-refractivity contribution in [3.05, 3.63) is 12.4 Å². The number of unbranched alkanes of at least 4 members (excludes halogenated alkanes) is 1. The second kappa shape index (κ2) is 11.8. The summed E-state index contributed by atoms with van der Waals surface area (Å²) in [6, 6.07) is 0. The molecule has 2 heteroatoms. The van der Waals surface area contributed by atoms with Crippen LogP contribution in [0.15, 0.2) is 12.4 Å². The van der Waals surface area contributed by atoms with Crippen molar-refractivity contribution in [2.45, 2.75) is 131 Å². The van der Waals surface area contributed by atoms with Crippen molar-refractivity contribution in [1.82, 2.24) is 10.2 Å². The van der Waals surface area contributed by atoms with Gasteiger partial charge in [0, 0.05) is 19.6 Å². The summed E-state index contributed by atoms with van der Waals surface area (Å²) in [7, 11) is 0. The van der Waals surface area contributed by atoms with Crippen LogP contribution in [-0.2, 0) is 0 Å². The lowest BCUT2D eigenvalue weighted by molar-refractivity contribution is -0.135. The predicted molar refractivity (Wildman–Crippen MR) is 152 cm³/mol. The molecule has 35 heavy (non-hydrogen) atoms. The fourth-order valence-corrected chi connectivity index (χ4v) is 10.3. The Labute approximate surface area is 219 Å². The van der Waals surface area contributed by atoms with Crippen LogP contribution in [0.4, 0.5) is 0 Å². The van der Waals surface area contributed by atoms with E-state index in [9.17, 15) is 0 Å². The molecule has 2 nitrogen and oxygen atoms in total. The molecule has 4 saturated carbocycles. The normalized spacial score (nSPS) is 40.5. The molecule has 4 fully saturated rings. The van der Waals surface area contributed by atoms with Gasteiger partial charge in [0.15, 0.2) is 0 Å². The molecule has 4 rings (SSSR count). The van der Waals surface area contributed by atoms with E-state index in [2.05, 4.69) is 51.4 Å². The molecular formula is C33H60N2. The molecule has 0 aromatic carbocycles. The lowest BCUT2D eigenvalue weighted by Crippen LogP contribution is -2.55. The van der Waals surface area contributed by atoms with E-state index in [0.29, 0.717) is 10.8 Å². The molecule has 0 aromatic rings. The molecule has 0 heterocycles. The van der Waals surface area contributed by atoms with Crippen LogP contribution in [0.25, 0.3) is 0 Å². The molecule has 0 saturated heterocycles. The molecular weight excluding hydrogens is 424 g/mol. The van der Waals surface area contributed by atoms with Gasteiger partial charge >= 0.3 is 0 Å². The first-order valence-corrected chi connectivity index (χ1v) is 16.1. The highest BCUT2D eigenvalue weighted by Gasteiger charge is 2.60. The monoisotopic (exact) mass is 484 g/mol. The maximum Gasteiger partial charge on any atom is 0.0938 e. The topological polar surface area (TPSA) is 15.3 Å². The number of hydrogen-bond acceptors (Lipinski definition) is 2. The first kappa shape index (κ1) is 27.4. The van der Waals surface area contributed by atoms with Gasteiger partial charge in [-0.2, -0.15) is 0 Å². The van der Waals surface area contributed by atoms with Crippen molar-refractivity contribution < 1.29 is 0 Å². The molecule has 0 amide bonds.